The minimum atomic E-state index is 0.466. The molecule has 0 aromatic rings. The Kier molecular flexibility index (Phi) is 3.92. The molecule has 12 heavy (non-hydrogen) atoms. The van der Waals surface area contributed by atoms with Crippen LogP contribution in [0.2, 0.25) is 0 Å². The van der Waals surface area contributed by atoms with Gasteiger partial charge in [-0.2, -0.15) is 0 Å². The largest absolute Gasteiger partial charge is 0.498 e. The van der Waals surface area contributed by atoms with Crippen LogP contribution in [0.25, 0.3) is 0 Å². The summed E-state index contributed by atoms with van der Waals surface area (Å²) in [7, 11) is 0. The molecule has 0 radical (unpaired) electrons. The summed E-state index contributed by atoms with van der Waals surface area (Å²) in [5.74, 6) is 0. The molecule has 1 rings (SSSR count). The molecule has 1 saturated carbocycles. The number of allylic oxidation sites excluding steroid dienone is 2. The number of hydrogen-bond acceptors (Lipinski definition) is 1. The van der Waals surface area contributed by atoms with Gasteiger partial charge >= 0.3 is 0 Å². The minimum Gasteiger partial charge on any atom is -0.498 e. The predicted octanol–water partition coefficient (Wildman–Crippen LogP) is 3.43. The summed E-state index contributed by atoms with van der Waals surface area (Å²) < 4.78 is 5.60. The fraction of sp³-hybridized carbons (Fsp3) is 0.636. The summed E-state index contributed by atoms with van der Waals surface area (Å²) in [4.78, 5) is 0. The monoisotopic (exact) mass is 166 g/mol. The maximum atomic E-state index is 5.60. The molecule has 0 unspecified atom stereocenters. The van der Waals surface area contributed by atoms with E-state index in [1.54, 1.807) is 0 Å². The molecule has 68 valence electrons. The van der Waals surface area contributed by atoms with Crippen LogP contribution in [0.4, 0.5) is 0 Å². The summed E-state index contributed by atoms with van der Waals surface area (Å²) in [6.07, 6.45) is 10.6. The number of hydrogen-bond donors (Lipinski definition) is 0. The molecule has 0 aromatic carbocycles. The topological polar surface area (TPSA) is 9.23 Å². The van der Waals surface area contributed by atoms with Crippen molar-refractivity contribution in [2.45, 2.75) is 45.1 Å². The third kappa shape index (κ3) is 3.12. The molecule has 1 fully saturated rings. The van der Waals surface area contributed by atoms with Gasteiger partial charge in [-0.05, 0) is 38.2 Å². The van der Waals surface area contributed by atoms with Gasteiger partial charge in [0, 0.05) is 0 Å². The average molecular weight is 166 g/mol. The molecule has 1 heteroatoms. The van der Waals surface area contributed by atoms with Crippen molar-refractivity contribution in [1.82, 2.24) is 0 Å². The molecule has 0 N–H and O–H groups in total. The molecule has 0 aliphatic heterocycles. The molecular formula is C11H18O. The molecule has 0 saturated heterocycles. The van der Waals surface area contributed by atoms with E-state index in [4.69, 9.17) is 4.74 Å². The average Bonchev–Trinajstić information content (AvgIpc) is 2.16. The summed E-state index contributed by atoms with van der Waals surface area (Å²) in [6, 6.07) is 0. The maximum Gasteiger partial charge on any atom is 0.0978 e. The van der Waals surface area contributed by atoms with Crippen LogP contribution in [-0.2, 0) is 4.74 Å². The second-order valence-electron chi connectivity index (χ2n) is 3.46. The Hall–Kier alpha value is -0.720. The lowest BCUT2D eigenvalue weighted by molar-refractivity contribution is 0.105. The van der Waals surface area contributed by atoms with E-state index in [2.05, 4.69) is 6.58 Å². The fourth-order valence-electron chi connectivity index (χ4n) is 1.45. The van der Waals surface area contributed by atoms with Crippen molar-refractivity contribution in [2.24, 2.45) is 0 Å². The van der Waals surface area contributed by atoms with Gasteiger partial charge < -0.3 is 4.74 Å². The predicted molar refractivity (Wildman–Crippen MR) is 51.9 cm³/mol. The standard InChI is InChI=1S/C11H18O/c1-3-10(2)9-12-11-7-5-4-6-8-11/h3,9,11H,1,4-8H2,2H3. The molecule has 0 atom stereocenters. The fourth-order valence-corrected chi connectivity index (χ4v) is 1.45. The van der Waals surface area contributed by atoms with Gasteiger partial charge in [0.2, 0.25) is 0 Å². The second-order valence-corrected chi connectivity index (χ2v) is 3.46. The van der Waals surface area contributed by atoms with Gasteiger partial charge in [0.05, 0.1) is 12.4 Å². The molecule has 0 aromatic heterocycles. The van der Waals surface area contributed by atoms with Crippen molar-refractivity contribution >= 4 is 0 Å². The third-order valence-electron chi connectivity index (χ3n) is 2.32. The van der Waals surface area contributed by atoms with E-state index < -0.39 is 0 Å². The van der Waals surface area contributed by atoms with E-state index in [1.165, 1.54) is 32.1 Å². The molecule has 0 heterocycles. The number of rotatable bonds is 3. The summed E-state index contributed by atoms with van der Waals surface area (Å²) >= 11 is 0. The number of ether oxygens (including phenoxy) is 1. The van der Waals surface area contributed by atoms with Gasteiger partial charge in [0.1, 0.15) is 0 Å². The molecule has 1 aliphatic rings. The van der Waals surface area contributed by atoms with E-state index in [-0.39, 0.29) is 0 Å². The highest BCUT2D eigenvalue weighted by Crippen LogP contribution is 2.20. The first-order valence-corrected chi connectivity index (χ1v) is 4.77. The smallest absolute Gasteiger partial charge is 0.0978 e. The zero-order chi connectivity index (χ0) is 8.81. The van der Waals surface area contributed by atoms with Crippen molar-refractivity contribution in [3.05, 3.63) is 24.5 Å². The normalized spacial score (nSPS) is 20.6. The van der Waals surface area contributed by atoms with Gasteiger partial charge in [-0.15, -0.1) is 0 Å². The van der Waals surface area contributed by atoms with Crippen LogP contribution in [0.5, 0.6) is 0 Å². The maximum absolute atomic E-state index is 5.60. The minimum absolute atomic E-state index is 0.466. The Morgan fingerprint density at radius 2 is 2.00 bits per heavy atom. The van der Waals surface area contributed by atoms with Crippen molar-refractivity contribution in [2.75, 3.05) is 0 Å². The van der Waals surface area contributed by atoms with Crippen LogP contribution in [0.1, 0.15) is 39.0 Å². The summed E-state index contributed by atoms with van der Waals surface area (Å²) in [6.45, 7) is 5.69. The Labute approximate surface area is 75.1 Å². The highest BCUT2D eigenvalue weighted by molar-refractivity contribution is 5.09. The van der Waals surface area contributed by atoms with Gasteiger partial charge in [-0.3, -0.25) is 0 Å². The Morgan fingerprint density at radius 1 is 1.33 bits per heavy atom. The Morgan fingerprint density at radius 3 is 2.58 bits per heavy atom. The highest BCUT2D eigenvalue weighted by atomic mass is 16.5. The zero-order valence-corrected chi connectivity index (χ0v) is 7.88. The zero-order valence-electron chi connectivity index (χ0n) is 7.88. The van der Waals surface area contributed by atoms with E-state index in [0.29, 0.717) is 6.10 Å². The molecule has 0 amide bonds. The van der Waals surface area contributed by atoms with Crippen LogP contribution < -0.4 is 0 Å². The van der Waals surface area contributed by atoms with E-state index in [0.717, 1.165) is 5.57 Å². The molecule has 0 bridgehead atoms. The quantitative estimate of drug-likeness (QED) is 0.461. The molecular weight excluding hydrogens is 148 g/mol. The SMILES string of the molecule is C=CC(C)=COC1CCCCC1. The Balaban J connectivity index is 2.25. The van der Waals surface area contributed by atoms with E-state index >= 15 is 0 Å². The van der Waals surface area contributed by atoms with Crippen molar-refractivity contribution in [3.63, 3.8) is 0 Å². The van der Waals surface area contributed by atoms with Gasteiger partial charge in [0.25, 0.3) is 0 Å². The first-order chi connectivity index (χ1) is 5.83. The second kappa shape index (κ2) is 5.02. The molecule has 0 spiro atoms. The molecule has 1 nitrogen and oxygen atoms in total. The summed E-state index contributed by atoms with van der Waals surface area (Å²) in [5, 5.41) is 0. The highest BCUT2D eigenvalue weighted by Gasteiger charge is 2.12. The van der Waals surface area contributed by atoms with Crippen LogP contribution in [0.15, 0.2) is 24.5 Å². The lowest BCUT2D eigenvalue weighted by atomic mass is 9.98. The van der Waals surface area contributed by atoms with Gasteiger partial charge in [-0.1, -0.05) is 19.1 Å². The van der Waals surface area contributed by atoms with E-state index in [1.807, 2.05) is 19.3 Å². The molecule has 1 aliphatic carbocycles. The first-order valence-electron chi connectivity index (χ1n) is 4.77. The van der Waals surface area contributed by atoms with Gasteiger partial charge in [-0.25, -0.2) is 0 Å². The first kappa shape index (κ1) is 9.37. The lowest BCUT2D eigenvalue weighted by Gasteiger charge is -2.21. The third-order valence-corrected chi connectivity index (χ3v) is 2.32. The van der Waals surface area contributed by atoms with Crippen LogP contribution in [-0.4, -0.2) is 6.10 Å². The Bertz CT molecular complexity index is 164. The van der Waals surface area contributed by atoms with Crippen molar-refractivity contribution in [3.8, 4) is 0 Å². The van der Waals surface area contributed by atoms with Crippen molar-refractivity contribution < 1.29 is 4.74 Å². The van der Waals surface area contributed by atoms with Crippen LogP contribution >= 0.6 is 0 Å². The van der Waals surface area contributed by atoms with Gasteiger partial charge in [0.15, 0.2) is 0 Å². The lowest BCUT2D eigenvalue weighted by Crippen LogP contribution is -2.13. The summed E-state index contributed by atoms with van der Waals surface area (Å²) in [5.41, 5.74) is 1.11. The van der Waals surface area contributed by atoms with Crippen LogP contribution in [0.3, 0.4) is 0 Å². The van der Waals surface area contributed by atoms with Crippen LogP contribution in [0, 0.1) is 0 Å². The van der Waals surface area contributed by atoms with Crippen molar-refractivity contribution in [1.29, 1.82) is 0 Å². The van der Waals surface area contributed by atoms with E-state index in [9.17, 15) is 0 Å².